The average Bonchev–Trinajstić information content (AvgIpc) is 2.47. The van der Waals surface area contributed by atoms with Crippen molar-refractivity contribution in [1.82, 2.24) is 5.32 Å². The van der Waals surface area contributed by atoms with Crippen molar-refractivity contribution in [2.24, 2.45) is 0 Å². The molecular formula is C15H13Cl3N2O2. The summed E-state index contributed by atoms with van der Waals surface area (Å²) in [4.78, 5) is 11.8. The van der Waals surface area contributed by atoms with Crippen LogP contribution in [0.5, 0.6) is 0 Å². The molecule has 0 heterocycles. The molecule has 0 unspecified atom stereocenters. The van der Waals surface area contributed by atoms with Gasteiger partial charge in [0.2, 0.25) is 0 Å². The normalized spacial score (nSPS) is 11.8. The fourth-order valence-electron chi connectivity index (χ4n) is 1.78. The molecule has 0 aliphatic carbocycles. The number of nitrogens with one attached hydrogen (secondary N) is 2. The molecule has 1 atom stereocenters. The van der Waals surface area contributed by atoms with Crippen LogP contribution in [0, 0.1) is 0 Å². The summed E-state index contributed by atoms with van der Waals surface area (Å²) in [6, 6.07) is 11.1. The van der Waals surface area contributed by atoms with Crippen LogP contribution < -0.4 is 10.6 Å². The van der Waals surface area contributed by atoms with Crippen molar-refractivity contribution < 1.29 is 9.90 Å². The van der Waals surface area contributed by atoms with Gasteiger partial charge < -0.3 is 15.7 Å². The van der Waals surface area contributed by atoms with E-state index in [2.05, 4.69) is 10.6 Å². The number of benzene rings is 2. The highest BCUT2D eigenvalue weighted by molar-refractivity contribution is 6.36. The highest BCUT2D eigenvalue weighted by Crippen LogP contribution is 2.25. The van der Waals surface area contributed by atoms with Crippen LogP contribution in [0.4, 0.5) is 10.5 Å². The maximum absolute atomic E-state index is 11.8. The molecule has 4 nitrogen and oxygen atoms in total. The second kappa shape index (κ2) is 7.70. The molecule has 2 aromatic carbocycles. The van der Waals surface area contributed by atoms with Crippen molar-refractivity contribution >= 4 is 46.5 Å². The van der Waals surface area contributed by atoms with Crippen molar-refractivity contribution in [3.8, 4) is 0 Å². The van der Waals surface area contributed by atoms with Gasteiger partial charge in [-0.05, 0) is 35.9 Å². The third-order valence-electron chi connectivity index (χ3n) is 2.87. The molecule has 2 amide bonds. The zero-order valence-electron chi connectivity index (χ0n) is 11.3. The van der Waals surface area contributed by atoms with Crippen LogP contribution in [0.3, 0.4) is 0 Å². The van der Waals surface area contributed by atoms with Crippen LogP contribution in [0.1, 0.15) is 11.7 Å². The SMILES string of the molecule is O=C(NC[C@@H](O)c1cccc(Cl)c1)Nc1ccc(Cl)cc1Cl. The van der Waals surface area contributed by atoms with Gasteiger partial charge in [0.1, 0.15) is 0 Å². The Morgan fingerprint density at radius 3 is 2.50 bits per heavy atom. The first kappa shape index (κ1) is 16.9. The zero-order valence-corrected chi connectivity index (χ0v) is 13.6. The summed E-state index contributed by atoms with van der Waals surface area (Å²) in [6.45, 7) is 0.0391. The van der Waals surface area contributed by atoms with E-state index in [0.717, 1.165) is 0 Å². The molecule has 0 radical (unpaired) electrons. The summed E-state index contributed by atoms with van der Waals surface area (Å²) in [5.74, 6) is 0. The molecule has 0 aromatic heterocycles. The first-order valence-electron chi connectivity index (χ1n) is 6.39. The minimum absolute atomic E-state index is 0.0391. The molecule has 2 rings (SSSR count). The number of hydrogen-bond donors (Lipinski definition) is 3. The van der Waals surface area contributed by atoms with Gasteiger partial charge in [-0.2, -0.15) is 0 Å². The number of carbonyl (C=O) groups is 1. The van der Waals surface area contributed by atoms with Gasteiger partial charge in [0, 0.05) is 16.6 Å². The van der Waals surface area contributed by atoms with Crippen molar-refractivity contribution in [2.45, 2.75) is 6.10 Å². The predicted octanol–water partition coefficient (Wildman–Crippen LogP) is 4.50. The third-order valence-corrected chi connectivity index (χ3v) is 3.65. The van der Waals surface area contributed by atoms with E-state index in [1.807, 2.05) is 0 Å². The first-order chi connectivity index (χ1) is 10.5. The monoisotopic (exact) mass is 358 g/mol. The van der Waals surface area contributed by atoms with Gasteiger partial charge in [0.15, 0.2) is 0 Å². The Labute approximate surface area is 143 Å². The van der Waals surface area contributed by atoms with E-state index >= 15 is 0 Å². The molecule has 0 saturated heterocycles. The molecule has 0 aliphatic heterocycles. The molecular weight excluding hydrogens is 347 g/mol. The molecule has 2 aromatic rings. The Balaban J connectivity index is 1.90. The van der Waals surface area contributed by atoms with E-state index in [1.54, 1.807) is 36.4 Å². The van der Waals surface area contributed by atoms with Crippen molar-refractivity contribution in [3.05, 3.63) is 63.1 Å². The Bertz CT molecular complexity index is 680. The van der Waals surface area contributed by atoms with Gasteiger partial charge in [-0.25, -0.2) is 4.79 Å². The summed E-state index contributed by atoms with van der Waals surface area (Å²) >= 11 is 17.6. The first-order valence-corrected chi connectivity index (χ1v) is 7.52. The average molecular weight is 360 g/mol. The van der Waals surface area contributed by atoms with Crippen LogP contribution >= 0.6 is 34.8 Å². The molecule has 116 valence electrons. The number of urea groups is 1. The summed E-state index contributed by atoms with van der Waals surface area (Å²) in [7, 11) is 0. The number of hydrogen-bond acceptors (Lipinski definition) is 2. The van der Waals surface area contributed by atoms with Crippen molar-refractivity contribution in [3.63, 3.8) is 0 Å². The number of aliphatic hydroxyl groups is 1. The van der Waals surface area contributed by atoms with Crippen molar-refractivity contribution in [1.29, 1.82) is 0 Å². The number of carbonyl (C=O) groups excluding carboxylic acids is 1. The number of rotatable bonds is 4. The Hall–Kier alpha value is -1.46. The second-order valence-corrected chi connectivity index (χ2v) is 5.81. The smallest absolute Gasteiger partial charge is 0.319 e. The lowest BCUT2D eigenvalue weighted by Gasteiger charge is -2.13. The topological polar surface area (TPSA) is 61.4 Å². The van der Waals surface area contributed by atoms with Gasteiger partial charge >= 0.3 is 6.03 Å². The fourth-order valence-corrected chi connectivity index (χ4v) is 2.43. The van der Waals surface area contributed by atoms with Gasteiger partial charge in [-0.3, -0.25) is 0 Å². The van der Waals surface area contributed by atoms with Gasteiger partial charge in [-0.15, -0.1) is 0 Å². The third kappa shape index (κ3) is 4.78. The maximum Gasteiger partial charge on any atom is 0.319 e. The number of anilines is 1. The van der Waals surface area contributed by atoms with Crippen LogP contribution in [0.25, 0.3) is 0 Å². The molecule has 0 bridgehead atoms. The van der Waals surface area contributed by atoms with E-state index < -0.39 is 12.1 Å². The quantitative estimate of drug-likeness (QED) is 0.752. The lowest BCUT2D eigenvalue weighted by atomic mass is 10.1. The Kier molecular flexibility index (Phi) is 5.91. The minimum atomic E-state index is -0.856. The fraction of sp³-hybridized carbons (Fsp3) is 0.133. The van der Waals surface area contributed by atoms with E-state index in [4.69, 9.17) is 34.8 Å². The van der Waals surface area contributed by atoms with E-state index in [0.29, 0.717) is 26.3 Å². The van der Waals surface area contributed by atoms with Gasteiger partial charge in [0.25, 0.3) is 0 Å². The summed E-state index contributed by atoms with van der Waals surface area (Å²) < 4.78 is 0. The summed E-state index contributed by atoms with van der Waals surface area (Å²) in [6.07, 6.45) is -0.856. The van der Waals surface area contributed by atoms with Crippen LogP contribution in [-0.2, 0) is 0 Å². The van der Waals surface area contributed by atoms with E-state index in [1.165, 1.54) is 6.07 Å². The van der Waals surface area contributed by atoms with Crippen LogP contribution in [-0.4, -0.2) is 17.7 Å². The molecule has 0 aliphatic rings. The zero-order chi connectivity index (χ0) is 16.1. The number of amides is 2. The Morgan fingerprint density at radius 2 is 1.82 bits per heavy atom. The maximum atomic E-state index is 11.8. The van der Waals surface area contributed by atoms with E-state index in [-0.39, 0.29) is 6.54 Å². The summed E-state index contributed by atoms with van der Waals surface area (Å²) in [5.41, 5.74) is 1.05. The molecule has 0 spiro atoms. The minimum Gasteiger partial charge on any atom is -0.387 e. The number of halogens is 3. The van der Waals surface area contributed by atoms with Gasteiger partial charge in [-0.1, -0.05) is 46.9 Å². The lowest BCUT2D eigenvalue weighted by molar-refractivity contribution is 0.175. The van der Waals surface area contributed by atoms with Crippen LogP contribution in [0.2, 0.25) is 15.1 Å². The van der Waals surface area contributed by atoms with Crippen LogP contribution in [0.15, 0.2) is 42.5 Å². The molecule has 7 heteroatoms. The van der Waals surface area contributed by atoms with E-state index in [9.17, 15) is 9.90 Å². The van der Waals surface area contributed by atoms with Crippen molar-refractivity contribution in [2.75, 3.05) is 11.9 Å². The standard InChI is InChI=1S/C15H13Cl3N2O2/c16-10-3-1-2-9(6-10)14(21)8-19-15(22)20-13-5-4-11(17)7-12(13)18/h1-7,14,21H,8H2,(H2,19,20,22)/t14-/m1/s1. The second-order valence-electron chi connectivity index (χ2n) is 4.53. The molecule has 0 saturated carbocycles. The molecule has 22 heavy (non-hydrogen) atoms. The molecule has 3 N–H and O–H groups in total. The summed E-state index contributed by atoms with van der Waals surface area (Å²) in [5, 5.41) is 16.5. The lowest BCUT2D eigenvalue weighted by Crippen LogP contribution is -2.32. The molecule has 0 fully saturated rings. The highest BCUT2D eigenvalue weighted by Gasteiger charge is 2.11. The highest BCUT2D eigenvalue weighted by atomic mass is 35.5. The predicted molar refractivity (Wildman–Crippen MR) is 89.9 cm³/mol. The number of aliphatic hydroxyl groups excluding tert-OH is 1. The largest absolute Gasteiger partial charge is 0.387 e. The van der Waals surface area contributed by atoms with Gasteiger partial charge in [0.05, 0.1) is 16.8 Å². The Morgan fingerprint density at radius 1 is 1.09 bits per heavy atom.